The van der Waals surface area contributed by atoms with Crippen molar-refractivity contribution >= 4 is 11.8 Å². The topological polar surface area (TPSA) is 90.1 Å². The molecule has 1 aliphatic heterocycles. The van der Waals surface area contributed by atoms with Crippen LogP contribution in [-0.4, -0.2) is 49.1 Å². The summed E-state index contributed by atoms with van der Waals surface area (Å²) in [5, 5.41) is 6.98. The number of likely N-dealkylation sites (tertiary alicyclic amines) is 1. The van der Waals surface area contributed by atoms with E-state index in [0.717, 1.165) is 37.5 Å². The number of amides is 1. The van der Waals surface area contributed by atoms with Gasteiger partial charge in [-0.05, 0) is 35.9 Å². The first-order chi connectivity index (χ1) is 13.8. The number of nitrogens with zero attached hydrogens (tertiary/aromatic N) is 5. The van der Waals surface area contributed by atoms with Crippen LogP contribution in [0.2, 0.25) is 0 Å². The Bertz CT molecular complexity index is 951. The number of hydrogen-bond acceptors (Lipinski definition) is 5. The molecule has 1 fully saturated rings. The second kappa shape index (κ2) is 8.62. The number of ketones is 1. The summed E-state index contributed by atoms with van der Waals surface area (Å²) in [4.78, 5) is 39.2. The van der Waals surface area contributed by atoms with Crippen LogP contribution in [-0.2, 0) is 4.79 Å². The molecule has 2 heterocycles. The highest BCUT2D eigenvalue weighted by molar-refractivity contribution is 5.85. The zero-order chi connectivity index (χ0) is 21.1. The van der Waals surface area contributed by atoms with Crippen molar-refractivity contribution in [1.29, 1.82) is 0 Å². The molecule has 0 spiro atoms. The number of aromatic nitrogens is 4. The van der Waals surface area contributed by atoms with E-state index in [2.05, 4.69) is 17.4 Å². The molecule has 0 saturated carbocycles. The van der Waals surface area contributed by atoms with Crippen LogP contribution in [0.4, 0.5) is 13.6 Å². The third-order valence-corrected chi connectivity index (χ3v) is 5.21. The van der Waals surface area contributed by atoms with E-state index in [0.29, 0.717) is 15.8 Å². The van der Waals surface area contributed by atoms with Crippen molar-refractivity contribution in [2.45, 2.75) is 52.0 Å². The van der Waals surface area contributed by atoms with Gasteiger partial charge in [0, 0.05) is 24.9 Å². The lowest BCUT2D eigenvalue weighted by molar-refractivity contribution is -0.127. The highest BCUT2D eigenvalue weighted by Gasteiger charge is 2.36. The average molecular weight is 407 g/mol. The second-order valence-electron chi connectivity index (χ2n) is 7.30. The SMILES string of the molecule is CCCCCC1CN(C(=O)n2nnn(-c3c(F)cccc3F)c2=O)C(C)CC1=O. The summed E-state index contributed by atoms with van der Waals surface area (Å²) in [5.74, 6) is -2.20. The van der Waals surface area contributed by atoms with Gasteiger partial charge in [-0.1, -0.05) is 32.3 Å². The Hall–Kier alpha value is -2.91. The third-order valence-electron chi connectivity index (χ3n) is 5.21. The molecule has 0 aliphatic carbocycles. The van der Waals surface area contributed by atoms with Gasteiger partial charge in [-0.25, -0.2) is 18.4 Å². The summed E-state index contributed by atoms with van der Waals surface area (Å²) in [5.41, 5.74) is -1.78. The van der Waals surface area contributed by atoms with Gasteiger partial charge in [0.05, 0.1) is 0 Å². The van der Waals surface area contributed by atoms with Crippen molar-refractivity contribution < 1.29 is 18.4 Å². The molecule has 0 N–H and O–H groups in total. The Morgan fingerprint density at radius 1 is 1.17 bits per heavy atom. The molecule has 0 bridgehead atoms. The molecule has 1 aliphatic rings. The minimum atomic E-state index is -1.08. The van der Waals surface area contributed by atoms with Gasteiger partial charge in [0.2, 0.25) is 0 Å². The number of unbranched alkanes of at least 4 members (excludes halogenated alkanes) is 2. The van der Waals surface area contributed by atoms with E-state index < -0.39 is 35.1 Å². The van der Waals surface area contributed by atoms with Gasteiger partial charge < -0.3 is 4.90 Å². The fraction of sp³-hybridized carbons (Fsp3) is 0.526. The first kappa shape index (κ1) is 20.8. The van der Waals surface area contributed by atoms with Crippen molar-refractivity contribution in [3.05, 3.63) is 40.3 Å². The first-order valence-corrected chi connectivity index (χ1v) is 9.68. The van der Waals surface area contributed by atoms with Crippen LogP contribution < -0.4 is 5.69 Å². The molecular formula is C19H23F2N5O3. The number of carbonyl (C=O) groups is 2. The Labute approximate surface area is 166 Å². The molecule has 29 heavy (non-hydrogen) atoms. The standard InChI is InChI=1S/C19H23F2N5O3/c1-3-4-5-7-13-11-24(12(2)10-16(13)27)18(28)26-19(29)25(22-23-26)17-14(20)8-6-9-15(17)21/h6,8-9,12-13H,3-5,7,10-11H2,1-2H3. The number of hydrogen-bond donors (Lipinski definition) is 0. The van der Waals surface area contributed by atoms with Gasteiger partial charge in [0.25, 0.3) is 0 Å². The molecule has 0 radical (unpaired) electrons. The number of piperidine rings is 1. The summed E-state index contributed by atoms with van der Waals surface area (Å²) in [6, 6.07) is 1.92. The molecule has 10 heteroatoms. The van der Waals surface area contributed by atoms with Crippen molar-refractivity contribution in [2.75, 3.05) is 6.54 Å². The minimum Gasteiger partial charge on any atom is -0.319 e. The number of rotatable bonds is 5. The number of halogens is 2. The third kappa shape index (κ3) is 4.10. The summed E-state index contributed by atoms with van der Waals surface area (Å²) >= 11 is 0. The number of Topliss-reactive ketones (excluding diaryl/α,β-unsaturated/α-hetero) is 1. The lowest BCUT2D eigenvalue weighted by Gasteiger charge is -2.36. The summed E-state index contributed by atoms with van der Waals surface area (Å²) < 4.78 is 28.8. The smallest absolute Gasteiger partial charge is 0.319 e. The molecule has 156 valence electrons. The monoisotopic (exact) mass is 407 g/mol. The van der Waals surface area contributed by atoms with Crippen LogP contribution in [0, 0.1) is 17.6 Å². The van der Waals surface area contributed by atoms with E-state index in [1.165, 1.54) is 4.90 Å². The Balaban J connectivity index is 1.86. The summed E-state index contributed by atoms with van der Waals surface area (Å²) in [6.45, 7) is 3.95. The molecule has 1 saturated heterocycles. The minimum absolute atomic E-state index is 0.0992. The zero-order valence-corrected chi connectivity index (χ0v) is 16.3. The number of carbonyl (C=O) groups excluding carboxylic acids is 2. The lowest BCUT2D eigenvalue weighted by atomic mass is 9.88. The van der Waals surface area contributed by atoms with Gasteiger partial charge in [-0.3, -0.25) is 4.79 Å². The Morgan fingerprint density at radius 2 is 1.86 bits per heavy atom. The van der Waals surface area contributed by atoms with Gasteiger partial charge in [-0.15, -0.1) is 4.68 Å². The van der Waals surface area contributed by atoms with Crippen LogP contribution in [0.15, 0.2) is 23.0 Å². The lowest BCUT2D eigenvalue weighted by Crippen LogP contribution is -2.52. The molecule has 1 aromatic carbocycles. The van der Waals surface area contributed by atoms with Crippen LogP contribution in [0.1, 0.15) is 46.0 Å². The van der Waals surface area contributed by atoms with Crippen LogP contribution in [0.5, 0.6) is 0 Å². The predicted octanol–water partition coefficient (Wildman–Crippen LogP) is 2.54. The first-order valence-electron chi connectivity index (χ1n) is 9.68. The molecule has 1 amide bonds. The van der Waals surface area contributed by atoms with Crippen LogP contribution in [0.3, 0.4) is 0 Å². The van der Waals surface area contributed by atoms with E-state index in [9.17, 15) is 23.2 Å². The van der Waals surface area contributed by atoms with E-state index in [4.69, 9.17) is 0 Å². The van der Waals surface area contributed by atoms with E-state index in [1.807, 2.05) is 0 Å². The van der Waals surface area contributed by atoms with Crippen molar-refractivity contribution in [1.82, 2.24) is 24.7 Å². The zero-order valence-electron chi connectivity index (χ0n) is 16.3. The summed E-state index contributed by atoms with van der Waals surface area (Å²) in [7, 11) is 0. The quantitative estimate of drug-likeness (QED) is 0.561. The molecule has 2 atom stereocenters. The molecule has 3 rings (SSSR count). The van der Waals surface area contributed by atoms with E-state index in [1.54, 1.807) is 6.92 Å². The highest BCUT2D eigenvalue weighted by atomic mass is 19.1. The van der Waals surface area contributed by atoms with Gasteiger partial charge in [0.15, 0.2) is 11.6 Å². The van der Waals surface area contributed by atoms with Gasteiger partial charge in [0.1, 0.15) is 11.5 Å². The van der Waals surface area contributed by atoms with Crippen LogP contribution in [0.25, 0.3) is 5.69 Å². The number of tetrazole rings is 1. The average Bonchev–Trinajstić information content (AvgIpc) is 3.04. The fourth-order valence-corrected chi connectivity index (χ4v) is 3.57. The van der Waals surface area contributed by atoms with Gasteiger partial charge in [-0.2, -0.15) is 4.68 Å². The molecule has 2 unspecified atom stereocenters. The van der Waals surface area contributed by atoms with Gasteiger partial charge >= 0.3 is 11.7 Å². The Morgan fingerprint density at radius 3 is 2.52 bits per heavy atom. The largest absolute Gasteiger partial charge is 0.377 e. The number of benzene rings is 1. The van der Waals surface area contributed by atoms with E-state index >= 15 is 0 Å². The maximum Gasteiger partial charge on any atom is 0.377 e. The van der Waals surface area contributed by atoms with Crippen molar-refractivity contribution in [2.24, 2.45) is 5.92 Å². The maximum atomic E-state index is 14.0. The maximum absolute atomic E-state index is 14.0. The van der Waals surface area contributed by atoms with Crippen molar-refractivity contribution in [3.63, 3.8) is 0 Å². The molecule has 2 aromatic rings. The fourth-order valence-electron chi connectivity index (χ4n) is 3.57. The molecular weight excluding hydrogens is 384 g/mol. The Kier molecular flexibility index (Phi) is 6.19. The molecule has 1 aromatic heterocycles. The second-order valence-corrected chi connectivity index (χ2v) is 7.30. The van der Waals surface area contributed by atoms with E-state index in [-0.39, 0.29) is 24.7 Å². The molecule has 8 nitrogen and oxygen atoms in total. The van der Waals surface area contributed by atoms with Crippen molar-refractivity contribution in [3.8, 4) is 5.69 Å². The normalized spacial score (nSPS) is 19.6. The number of para-hydroxylation sites is 1. The van der Waals surface area contributed by atoms with Crippen LogP contribution >= 0.6 is 0 Å². The predicted molar refractivity (Wildman–Crippen MR) is 99.8 cm³/mol. The highest BCUT2D eigenvalue weighted by Crippen LogP contribution is 2.24. The summed E-state index contributed by atoms with van der Waals surface area (Å²) in [6.07, 6.45) is 3.75.